The van der Waals surface area contributed by atoms with Gasteiger partial charge in [-0.3, -0.25) is 5.41 Å². The molecule has 0 saturated heterocycles. The zero-order valence-corrected chi connectivity index (χ0v) is 15.7. The average molecular weight is 376 g/mol. The number of aromatic amines is 1. The summed E-state index contributed by atoms with van der Waals surface area (Å²) in [4.78, 5) is 9.59. The first-order chi connectivity index (χ1) is 13.5. The van der Waals surface area contributed by atoms with Crippen molar-refractivity contribution in [3.63, 3.8) is 0 Å². The number of benzene rings is 2. The van der Waals surface area contributed by atoms with Gasteiger partial charge in [-0.2, -0.15) is 0 Å². The number of imidazole rings is 1. The number of aliphatic hydroxyl groups is 1. The van der Waals surface area contributed by atoms with Crippen LogP contribution in [0.5, 0.6) is 11.5 Å². The van der Waals surface area contributed by atoms with E-state index in [1.807, 2.05) is 44.2 Å². The largest absolute Gasteiger partial charge is 0.509 e. The number of aromatic nitrogens is 2. The second-order valence-electron chi connectivity index (χ2n) is 7.12. The van der Waals surface area contributed by atoms with Crippen LogP contribution in [0, 0.1) is 19.3 Å². The highest BCUT2D eigenvalue weighted by Gasteiger charge is 2.32. The molecule has 5 rings (SSSR count). The summed E-state index contributed by atoms with van der Waals surface area (Å²) in [6, 6.07) is 9.59. The molecule has 3 aromatic rings. The van der Waals surface area contributed by atoms with Crippen LogP contribution in [-0.2, 0) is 0 Å². The fraction of sp³-hybridized carbons (Fsp3) is 0.238. The van der Waals surface area contributed by atoms with Crippen molar-refractivity contribution in [3.05, 3.63) is 53.0 Å². The molecule has 0 unspecified atom stereocenters. The number of anilines is 1. The number of fused-ring (bicyclic) bond motifs is 2. The quantitative estimate of drug-likeness (QED) is 0.634. The molecule has 7 heteroatoms. The fourth-order valence-electron chi connectivity index (χ4n) is 3.64. The molecule has 0 bridgehead atoms. The fourth-order valence-corrected chi connectivity index (χ4v) is 3.64. The average Bonchev–Trinajstić information content (AvgIpc) is 3.21. The maximum absolute atomic E-state index is 10.6. The highest BCUT2D eigenvalue weighted by molar-refractivity contribution is 6.30. The van der Waals surface area contributed by atoms with Crippen LogP contribution in [0.3, 0.4) is 0 Å². The van der Waals surface area contributed by atoms with Gasteiger partial charge >= 0.3 is 0 Å². The van der Waals surface area contributed by atoms with E-state index in [0.717, 1.165) is 22.3 Å². The van der Waals surface area contributed by atoms with E-state index in [1.165, 1.54) is 5.56 Å². The number of ether oxygens (including phenoxy) is 2. The monoisotopic (exact) mass is 376 g/mol. The Kier molecular flexibility index (Phi) is 3.58. The lowest BCUT2D eigenvalue weighted by Gasteiger charge is -2.23. The molecule has 0 atom stereocenters. The Hall–Kier alpha value is -3.48. The maximum Gasteiger partial charge on any atom is 0.163 e. The lowest BCUT2D eigenvalue weighted by molar-refractivity contribution is 0.171. The molecule has 3 heterocycles. The van der Waals surface area contributed by atoms with Crippen LogP contribution in [0.15, 0.2) is 36.1 Å². The number of aryl methyl sites for hydroxylation is 2. The van der Waals surface area contributed by atoms with Gasteiger partial charge in [-0.15, -0.1) is 0 Å². The van der Waals surface area contributed by atoms with Gasteiger partial charge in [0.2, 0.25) is 0 Å². The van der Waals surface area contributed by atoms with Gasteiger partial charge in [0.25, 0.3) is 0 Å². The summed E-state index contributed by atoms with van der Waals surface area (Å²) in [5, 5.41) is 19.2. The van der Waals surface area contributed by atoms with Crippen LogP contribution in [0.1, 0.15) is 17.0 Å². The van der Waals surface area contributed by atoms with Gasteiger partial charge in [-0.1, -0.05) is 0 Å². The van der Waals surface area contributed by atoms with Crippen molar-refractivity contribution in [1.82, 2.24) is 9.97 Å². The SMILES string of the molecule is Cc1cc2nc(C3=C(O)CN(c4ccc5c(c4)OCCO5)C3=N)[nH]c2cc1C. The van der Waals surface area contributed by atoms with E-state index in [2.05, 4.69) is 9.97 Å². The van der Waals surface area contributed by atoms with E-state index >= 15 is 0 Å². The van der Waals surface area contributed by atoms with Crippen molar-refractivity contribution in [2.45, 2.75) is 13.8 Å². The van der Waals surface area contributed by atoms with Crippen LogP contribution in [0.2, 0.25) is 0 Å². The summed E-state index contributed by atoms with van der Waals surface area (Å²) in [6.07, 6.45) is 0. The van der Waals surface area contributed by atoms with Gasteiger partial charge in [-0.05, 0) is 49.2 Å². The van der Waals surface area contributed by atoms with Crippen LogP contribution in [0.4, 0.5) is 5.69 Å². The summed E-state index contributed by atoms with van der Waals surface area (Å²) < 4.78 is 11.2. The van der Waals surface area contributed by atoms with Crippen molar-refractivity contribution in [1.29, 1.82) is 5.41 Å². The minimum atomic E-state index is 0.118. The second-order valence-corrected chi connectivity index (χ2v) is 7.12. The molecular formula is C21H20N4O3. The van der Waals surface area contributed by atoms with Crippen molar-refractivity contribution in [3.8, 4) is 11.5 Å². The first-order valence-electron chi connectivity index (χ1n) is 9.17. The Labute approximate surface area is 161 Å². The van der Waals surface area contributed by atoms with E-state index in [0.29, 0.717) is 36.1 Å². The molecule has 0 spiro atoms. The Morgan fingerprint density at radius 2 is 1.82 bits per heavy atom. The zero-order valence-electron chi connectivity index (χ0n) is 15.7. The van der Waals surface area contributed by atoms with E-state index in [4.69, 9.17) is 14.9 Å². The van der Waals surface area contributed by atoms with Gasteiger partial charge in [0, 0.05) is 11.8 Å². The highest BCUT2D eigenvalue weighted by atomic mass is 16.6. The van der Waals surface area contributed by atoms with Gasteiger partial charge in [0.1, 0.15) is 30.6 Å². The molecule has 0 amide bonds. The first kappa shape index (κ1) is 16.7. The molecule has 2 aliphatic heterocycles. The van der Waals surface area contributed by atoms with Crippen molar-refractivity contribution < 1.29 is 14.6 Å². The number of hydrogen-bond donors (Lipinski definition) is 3. The Morgan fingerprint density at radius 1 is 1.07 bits per heavy atom. The Morgan fingerprint density at radius 3 is 2.64 bits per heavy atom. The summed E-state index contributed by atoms with van der Waals surface area (Å²) in [5.41, 5.74) is 5.22. The number of nitrogens with one attached hydrogen (secondary N) is 2. The normalized spacial score (nSPS) is 16.4. The molecule has 142 valence electrons. The van der Waals surface area contributed by atoms with E-state index in [-0.39, 0.29) is 18.1 Å². The van der Waals surface area contributed by atoms with Crippen LogP contribution >= 0.6 is 0 Å². The predicted octanol–water partition coefficient (Wildman–Crippen LogP) is 3.72. The molecule has 3 N–H and O–H groups in total. The summed E-state index contributed by atoms with van der Waals surface area (Å²) in [7, 11) is 0. The number of nitrogens with zero attached hydrogens (tertiary/aromatic N) is 2. The Balaban J connectivity index is 1.50. The number of amidine groups is 1. The van der Waals surface area contributed by atoms with Crippen LogP contribution in [-0.4, -0.2) is 40.7 Å². The zero-order chi connectivity index (χ0) is 19.4. The number of H-pyrrole nitrogens is 1. The molecule has 7 nitrogen and oxygen atoms in total. The number of aliphatic hydroxyl groups excluding tert-OH is 1. The third-order valence-corrected chi connectivity index (χ3v) is 5.27. The van der Waals surface area contributed by atoms with Gasteiger partial charge in [0.15, 0.2) is 11.5 Å². The molecular weight excluding hydrogens is 356 g/mol. The van der Waals surface area contributed by atoms with Gasteiger partial charge in [0.05, 0.1) is 23.2 Å². The second kappa shape index (κ2) is 6.02. The highest BCUT2D eigenvalue weighted by Crippen LogP contribution is 2.37. The predicted molar refractivity (Wildman–Crippen MR) is 108 cm³/mol. The van der Waals surface area contributed by atoms with Crippen molar-refractivity contribution >= 4 is 28.1 Å². The van der Waals surface area contributed by atoms with Gasteiger partial charge in [-0.25, -0.2) is 4.98 Å². The molecule has 2 aromatic carbocycles. The van der Waals surface area contributed by atoms with Crippen LogP contribution in [0.25, 0.3) is 16.6 Å². The molecule has 2 aliphatic rings. The van der Waals surface area contributed by atoms with E-state index < -0.39 is 0 Å². The molecule has 0 fully saturated rings. The molecule has 1 aromatic heterocycles. The minimum absolute atomic E-state index is 0.118. The lowest BCUT2D eigenvalue weighted by atomic mass is 10.1. The Bertz CT molecular complexity index is 1120. The van der Waals surface area contributed by atoms with Crippen LogP contribution < -0.4 is 14.4 Å². The molecule has 0 aliphatic carbocycles. The molecule has 0 radical (unpaired) electrons. The maximum atomic E-state index is 10.6. The topological polar surface area (TPSA) is 94.5 Å². The summed E-state index contributed by atoms with van der Waals surface area (Å²) in [6.45, 7) is 5.33. The third-order valence-electron chi connectivity index (χ3n) is 5.27. The standard InChI is InChI=1S/C21H20N4O3/c1-11-7-14-15(8-12(11)2)24-21(23-14)19-16(26)10-25(20(19)22)13-3-4-17-18(9-13)28-6-5-27-17/h3-4,7-9,22,26H,5-6,10H2,1-2H3,(H,23,24). The molecule has 0 saturated carbocycles. The van der Waals surface area contributed by atoms with Gasteiger partial charge < -0.3 is 24.5 Å². The van der Waals surface area contributed by atoms with E-state index in [1.54, 1.807) is 4.90 Å². The first-order valence-corrected chi connectivity index (χ1v) is 9.17. The van der Waals surface area contributed by atoms with Crippen molar-refractivity contribution in [2.24, 2.45) is 0 Å². The minimum Gasteiger partial charge on any atom is -0.509 e. The number of rotatable bonds is 2. The lowest BCUT2D eigenvalue weighted by Crippen LogP contribution is -2.26. The summed E-state index contributed by atoms with van der Waals surface area (Å²) >= 11 is 0. The van der Waals surface area contributed by atoms with Crippen molar-refractivity contribution in [2.75, 3.05) is 24.7 Å². The smallest absolute Gasteiger partial charge is 0.163 e. The van der Waals surface area contributed by atoms with E-state index in [9.17, 15) is 5.11 Å². The molecule has 28 heavy (non-hydrogen) atoms. The number of hydrogen-bond acceptors (Lipinski definition) is 5. The third kappa shape index (κ3) is 2.51. The summed E-state index contributed by atoms with van der Waals surface area (Å²) in [5.74, 6) is 2.16.